The fourth-order valence-electron chi connectivity index (χ4n) is 8.95. The first-order valence-electron chi connectivity index (χ1n) is 27.7. The average molecular weight is 1310 g/mol. The monoisotopic (exact) mass is 1310 g/mol. The lowest BCUT2D eigenvalue weighted by atomic mass is 10.0. The molecule has 7 aromatic heterocycles. The van der Waals surface area contributed by atoms with Crippen molar-refractivity contribution in [1.82, 2.24) is 61.5 Å². The maximum absolute atomic E-state index is 14.4. The molecule has 0 saturated heterocycles. The number of carbonyl (C=O) groups is 8. The molecule has 0 aliphatic rings. The molecule has 1 unspecified atom stereocenters. The van der Waals surface area contributed by atoms with Crippen LogP contribution in [-0.2, 0) is 41.7 Å². The summed E-state index contributed by atoms with van der Waals surface area (Å²) in [6, 6.07) is 11.9. The van der Waals surface area contributed by atoms with Gasteiger partial charge in [-0.15, -0.1) is 68.0 Å². The predicted molar refractivity (Wildman–Crippen MR) is 338 cm³/mol. The molecule has 462 valence electrons. The van der Waals surface area contributed by atoms with Crippen LogP contribution in [0.1, 0.15) is 139 Å². The summed E-state index contributed by atoms with van der Waals surface area (Å²) in [5.74, 6) is -4.37. The molecular weight excluding hydrogens is 1250 g/mol. The van der Waals surface area contributed by atoms with Crippen molar-refractivity contribution in [2.75, 3.05) is 39.2 Å². The van der Waals surface area contributed by atoms with Gasteiger partial charge in [-0.05, 0) is 63.3 Å². The van der Waals surface area contributed by atoms with Crippen LogP contribution in [0.5, 0.6) is 0 Å². The Morgan fingerprint density at radius 2 is 1.38 bits per heavy atom. The van der Waals surface area contributed by atoms with E-state index in [2.05, 4.69) is 48.7 Å². The number of nitrogens with zero attached hydrogens (tertiary/aromatic N) is 8. The number of likely N-dealkylation sites (N-methyl/N-ethyl adjacent to an activating group) is 1. The maximum atomic E-state index is 14.4. The minimum atomic E-state index is -1.01. The van der Waals surface area contributed by atoms with E-state index in [-0.39, 0.29) is 91.8 Å². The van der Waals surface area contributed by atoms with Crippen molar-refractivity contribution in [3.8, 4) is 43.4 Å². The van der Waals surface area contributed by atoms with E-state index in [9.17, 15) is 43.5 Å². The fourth-order valence-corrected chi connectivity index (χ4v) is 14.5. The quantitative estimate of drug-likeness (QED) is 0.0153. The summed E-state index contributed by atoms with van der Waals surface area (Å²) in [5.41, 5.74) is 3.79. The van der Waals surface area contributed by atoms with Gasteiger partial charge in [0.25, 0.3) is 17.7 Å². The third-order valence-corrected chi connectivity index (χ3v) is 19.2. The maximum Gasteiger partial charge on any atom is 0.303 e. The lowest BCUT2D eigenvalue weighted by molar-refractivity contribution is -0.138. The number of carbonyl (C=O) groups excluding carboxylic acids is 6. The number of nitrogens with one attached hydrogen (secondary N) is 5. The fraction of sp³-hybridized carbons (Fsp3) is 0.362. The SMILES string of the molecule is CNC(=O)C[C@H](NC(=O)c1csc(-c2ccc(-c3nc(N(CCCC(=O)O)C(=O)CCCCC(=O)O)cs3)nc2-c2csc(-c3csc([C@H](Cc4ccccc4)NC)n3)n2)n1)c1nc(C(=O)NC(c2nc(C(=O)NCC=O)c(COC)s2)C(C)C)c(C)s1. The molecule has 0 radical (unpaired) electrons. The number of aryl methyl sites for hydroxylation is 1. The van der Waals surface area contributed by atoms with Crippen LogP contribution < -0.4 is 31.5 Å². The van der Waals surface area contributed by atoms with Crippen LogP contribution in [0.15, 0.2) is 64.0 Å². The van der Waals surface area contributed by atoms with E-state index in [0.717, 1.165) is 28.3 Å². The third kappa shape index (κ3) is 17.0. The molecule has 0 spiro atoms. The number of thiazole rings is 6. The zero-order chi connectivity index (χ0) is 63.0. The number of amides is 5. The smallest absolute Gasteiger partial charge is 0.303 e. The van der Waals surface area contributed by atoms with Crippen LogP contribution >= 0.6 is 68.0 Å². The van der Waals surface area contributed by atoms with Crippen LogP contribution in [0, 0.1) is 12.8 Å². The molecule has 0 bridgehead atoms. The topological polar surface area (TPSA) is 340 Å². The van der Waals surface area contributed by atoms with Gasteiger partial charge in [-0.2, -0.15) is 0 Å². The number of benzene rings is 1. The van der Waals surface area contributed by atoms with Gasteiger partial charge < -0.3 is 46.3 Å². The number of pyridine rings is 1. The molecule has 0 fully saturated rings. The van der Waals surface area contributed by atoms with Gasteiger partial charge in [0.2, 0.25) is 11.8 Å². The summed E-state index contributed by atoms with van der Waals surface area (Å²) in [5, 5.41) is 43.1. The van der Waals surface area contributed by atoms with Crippen molar-refractivity contribution < 1.29 is 53.3 Å². The molecule has 24 nitrogen and oxygen atoms in total. The number of aldehydes is 1. The number of methoxy groups -OCH3 is 1. The summed E-state index contributed by atoms with van der Waals surface area (Å²) < 4.78 is 5.32. The molecule has 7 heterocycles. The normalized spacial score (nSPS) is 12.3. The Balaban J connectivity index is 1.08. The van der Waals surface area contributed by atoms with E-state index in [1.165, 1.54) is 75.7 Å². The van der Waals surface area contributed by atoms with E-state index in [4.69, 9.17) is 34.8 Å². The summed E-state index contributed by atoms with van der Waals surface area (Å²) in [6.45, 7) is 5.40. The van der Waals surface area contributed by atoms with Gasteiger partial charge >= 0.3 is 11.9 Å². The number of ether oxygens (including phenoxy) is 1. The Hall–Kier alpha value is -7.97. The highest BCUT2D eigenvalue weighted by molar-refractivity contribution is 7.15. The number of aliphatic carboxylic acids is 2. The molecule has 0 aliphatic heterocycles. The number of rotatable bonds is 32. The lowest BCUT2D eigenvalue weighted by Gasteiger charge is -2.20. The number of unbranched alkanes of at least 4 members (excludes halogenated alkanes) is 1. The molecule has 1 aromatic carbocycles. The Kier molecular flexibility index (Phi) is 23.5. The van der Waals surface area contributed by atoms with E-state index in [1.807, 2.05) is 49.9 Å². The highest BCUT2D eigenvalue weighted by atomic mass is 32.1. The second kappa shape index (κ2) is 31.3. The van der Waals surface area contributed by atoms with Crippen LogP contribution in [0.4, 0.5) is 5.82 Å². The standard InChI is InChI=1S/C58H63N13O11S6/c1-30(2)46(58-70-49(40(88-58)25-82-6)51(80)61-20-22-72)68-52(81)47-31(3)87-57(69-47)36(24-42(73)60-5)63-50(79)38-27-83-53(65-38)33-18-19-34(54-67-41(29-86-54)71(21-12-17-45(77)78)43(74)15-10-11-16-44(75)76)62-48(33)37-26-84-56(64-37)39-28-85-55(66-39)35(59-4)23-32-13-8-7-9-14-32/h7-9,13-14,18-19,22,26-30,35-36,46,59H,10-12,15-17,20-21,23-25H2,1-6H3,(H,60,73)(H,61,80)(H,63,79)(H,68,81)(H,75,76)(H,77,78)/t35-,36-,46?/m0/s1. The van der Waals surface area contributed by atoms with Gasteiger partial charge in [0.05, 0.1) is 48.3 Å². The molecule has 5 amide bonds. The molecule has 0 saturated carbocycles. The molecular formula is C58H63N13O11S6. The second-order valence-corrected chi connectivity index (χ2v) is 25.9. The lowest BCUT2D eigenvalue weighted by Crippen LogP contribution is -2.34. The predicted octanol–water partition coefficient (Wildman–Crippen LogP) is 8.95. The number of hydrogen-bond acceptors (Lipinski definition) is 23. The minimum absolute atomic E-state index is 0.0159. The van der Waals surface area contributed by atoms with Crippen molar-refractivity contribution >= 4 is 122 Å². The highest BCUT2D eigenvalue weighted by Gasteiger charge is 2.31. The molecule has 3 atom stereocenters. The van der Waals surface area contributed by atoms with Gasteiger partial charge in [0.1, 0.15) is 76.3 Å². The van der Waals surface area contributed by atoms with Gasteiger partial charge in [-0.25, -0.2) is 34.9 Å². The van der Waals surface area contributed by atoms with Gasteiger partial charge in [0.15, 0.2) is 0 Å². The molecule has 88 heavy (non-hydrogen) atoms. The largest absolute Gasteiger partial charge is 0.481 e. The molecule has 30 heteroatoms. The Bertz CT molecular complexity index is 3780. The Morgan fingerprint density at radius 1 is 0.670 bits per heavy atom. The average Bonchev–Trinajstić information content (AvgIpc) is 1.92. The Morgan fingerprint density at radius 3 is 2.09 bits per heavy atom. The number of aromatic nitrogens is 7. The summed E-state index contributed by atoms with van der Waals surface area (Å²) in [6.07, 6.45) is 1.59. The first kappa shape index (κ1) is 66.0. The van der Waals surface area contributed by atoms with Crippen LogP contribution in [0.3, 0.4) is 0 Å². The number of carboxylic acid groups (broad SMARTS) is 2. The minimum Gasteiger partial charge on any atom is -0.481 e. The van der Waals surface area contributed by atoms with E-state index < -0.39 is 47.7 Å². The summed E-state index contributed by atoms with van der Waals surface area (Å²) in [7, 11) is 4.84. The van der Waals surface area contributed by atoms with Gasteiger partial charge in [-0.3, -0.25) is 38.5 Å². The van der Waals surface area contributed by atoms with Crippen molar-refractivity contribution in [1.29, 1.82) is 0 Å². The second-order valence-electron chi connectivity index (χ2n) is 20.1. The van der Waals surface area contributed by atoms with E-state index >= 15 is 0 Å². The summed E-state index contributed by atoms with van der Waals surface area (Å²) in [4.78, 5) is 138. The van der Waals surface area contributed by atoms with Crippen molar-refractivity contribution in [2.45, 2.75) is 96.9 Å². The van der Waals surface area contributed by atoms with E-state index in [1.54, 1.807) is 29.8 Å². The van der Waals surface area contributed by atoms with Gasteiger partial charge in [-0.1, -0.05) is 44.2 Å². The zero-order valence-corrected chi connectivity index (χ0v) is 53.5. The molecule has 8 rings (SSSR count). The first-order chi connectivity index (χ1) is 42.4. The highest BCUT2D eigenvalue weighted by Crippen LogP contribution is 2.40. The number of anilines is 1. The van der Waals surface area contributed by atoms with Crippen molar-refractivity contribution in [3.05, 3.63) is 111 Å². The third-order valence-electron chi connectivity index (χ3n) is 13.4. The number of hydrogen-bond donors (Lipinski definition) is 7. The van der Waals surface area contributed by atoms with Crippen molar-refractivity contribution in [3.63, 3.8) is 0 Å². The Labute approximate surface area is 529 Å². The van der Waals surface area contributed by atoms with Crippen LogP contribution in [0.2, 0.25) is 0 Å². The molecule has 0 aliphatic carbocycles. The first-order valence-corrected chi connectivity index (χ1v) is 32.8. The van der Waals surface area contributed by atoms with E-state index in [0.29, 0.717) is 83.1 Å². The molecule has 7 N–H and O–H groups in total. The molecule has 8 aromatic rings. The summed E-state index contributed by atoms with van der Waals surface area (Å²) >= 11 is 7.62. The van der Waals surface area contributed by atoms with Crippen molar-refractivity contribution in [2.24, 2.45) is 5.92 Å². The van der Waals surface area contributed by atoms with Gasteiger partial charge in [0, 0.05) is 71.9 Å². The van der Waals surface area contributed by atoms with Crippen LogP contribution in [-0.4, -0.2) is 127 Å². The zero-order valence-electron chi connectivity index (χ0n) is 48.6. The van der Waals surface area contributed by atoms with Crippen LogP contribution in [0.25, 0.3) is 43.4 Å². The number of carboxylic acids is 2.